The van der Waals surface area contributed by atoms with Gasteiger partial charge in [-0.3, -0.25) is 15.2 Å². The van der Waals surface area contributed by atoms with Crippen LogP contribution in [0.1, 0.15) is 6.92 Å². The number of nitrogens with zero attached hydrogens (tertiary/aromatic N) is 5. The van der Waals surface area contributed by atoms with Crippen LogP contribution in [-0.2, 0) is 4.79 Å². The van der Waals surface area contributed by atoms with Gasteiger partial charge in [0.05, 0.1) is 22.3 Å². The van der Waals surface area contributed by atoms with E-state index >= 15 is 0 Å². The zero-order chi connectivity index (χ0) is 17.9. The molecule has 128 valence electrons. The Morgan fingerprint density at radius 2 is 2.04 bits per heavy atom. The number of benzene rings is 1. The van der Waals surface area contributed by atoms with Crippen molar-refractivity contribution >= 4 is 39.8 Å². The number of anilines is 2. The maximum absolute atomic E-state index is 11.7. The Morgan fingerprint density at radius 3 is 2.77 bits per heavy atom. The van der Waals surface area contributed by atoms with Crippen LogP contribution in [0.5, 0.6) is 0 Å². The van der Waals surface area contributed by atoms with Crippen molar-refractivity contribution in [2.45, 2.75) is 6.92 Å². The number of hydrogen-bond donors (Lipinski definition) is 1. The predicted octanol–water partition coefficient (Wildman–Crippen LogP) is 3.34. The standard InChI is InChI=1S/C18H14N6OS/c1-12(25)23-24(14-6-7-15-13(10-14)4-2-8-19-15)18-20-11-16(21-22-18)17-5-3-9-26-17/h2-11H,1H3,(H,23,25). The smallest absolute Gasteiger partial charge is 0.268 e. The van der Waals surface area contributed by atoms with Crippen LogP contribution in [0.2, 0.25) is 0 Å². The van der Waals surface area contributed by atoms with Crippen molar-refractivity contribution in [3.63, 3.8) is 0 Å². The van der Waals surface area contributed by atoms with Gasteiger partial charge in [-0.15, -0.1) is 21.5 Å². The first-order valence-corrected chi connectivity index (χ1v) is 8.74. The van der Waals surface area contributed by atoms with Gasteiger partial charge in [-0.05, 0) is 35.7 Å². The van der Waals surface area contributed by atoms with E-state index in [0.717, 1.165) is 15.8 Å². The van der Waals surface area contributed by atoms with Crippen molar-refractivity contribution in [1.29, 1.82) is 0 Å². The largest absolute Gasteiger partial charge is 0.274 e. The third-order valence-electron chi connectivity index (χ3n) is 3.64. The van der Waals surface area contributed by atoms with Crippen LogP contribution in [0.25, 0.3) is 21.5 Å². The Morgan fingerprint density at radius 1 is 1.12 bits per heavy atom. The highest BCUT2D eigenvalue weighted by Crippen LogP contribution is 2.25. The van der Waals surface area contributed by atoms with E-state index in [4.69, 9.17) is 0 Å². The van der Waals surface area contributed by atoms with Crippen LogP contribution in [0.3, 0.4) is 0 Å². The van der Waals surface area contributed by atoms with Crippen molar-refractivity contribution < 1.29 is 4.79 Å². The normalized spacial score (nSPS) is 10.7. The van der Waals surface area contributed by atoms with E-state index in [9.17, 15) is 4.79 Å². The summed E-state index contributed by atoms with van der Waals surface area (Å²) in [6.45, 7) is 1.43. The van der Waals surface area contributed by atoms with E-state index in [0.29, 0.717) is 11.4 Å². The Balaban J connectivity index is 1.73. The van der Waals surface area contributed by atoms with Crippen LogP contribution in [0, 0.1) is 0 Å². The fraction of sp³-hybridized carbons (Fsp3) is 0.0556. The summed E-state index contributed by atoms with van der Waals surface area (Å²) in [4.78, 5) is 21.3. The minimum Gasteiger partial charge on any atom is -0.274 e. The second kappa shape index (κ2) is 6.85. The number of thiophene rings is 1. The zero-order valence-corrected chi connectivity index (χ0v) is 14.6. The first kappa shape index (κ1) is 16.1. The third-order valence-corrected chi connectivity index (χ3v) is 4.53. The summed E-state index contributed by atoms with van der Waals surface area (Å²) in [6.07, 6.45) is 3.38. The van der Waals surface area contributed by atoms with Gasteiger partial charge in [-0.2, -0.15) is 0 Å². The minimum absolute atomic E-state index is 0.234. The average molecular weight is 362 g/mol. The van der Waals surface area contributed by atoms with Crippen molar-refractivity contribution in [2.75, 3.05) is 5.01 Å². The lowest BCUT2D eigenvalue weighted by Crippen LogP contribution is -2.38. The van der Waals surface area contributed by atoms with Gasteiger partial charge in [0.2, 0.25) is 5.91 Å². The number of fused-ring (bicyclic) bond motifs is 1. The molecule has 1 aromatic carbocycles. The molecule has 0 radical (unpaired) electrons. The van der Waals surface area contributed by atoms with Gasteiger partial charge in [0.25, 0.3) is 5.95 Å². The Labute approximate surface area is 153 Å². The lowest BCUT2D eigenvalue weighted by molar-refractivity contribution is -0.118. The number of amides is 1. The number of rotatable bonds is 4. The van der Waals surface area contributed by atoms with E-state index in [2.05, 4.69) is 25.6 Å². The summed E-state index contributed by atoms with van der Waals surface area (Å²) >= 11 is 1.57. The summed E-state index contributed by atoms with van der Waals surface area (Å²) in [5.41, 5.74) is 5.01. The molecule has 3 aromatic heterocycles. The highest BCUT2D eigenvalue weighted by atomic mass is 32.1. The highest BCUT2D eigenvalue weighted by molar-refractivity contribution is 7.13. The summed E-state index contributed by atoms with van der Waals surface area (Å²) in [5.74, 6) is 0.0472. The molecule has 0 atom stereocenters. The van der Waals surface area contributed by atoms with Crippen LogP contribution >= 0.6 is 11.3 Å². The Kier molecular flexibility index (Phi) is 4.24. The van der Waals surface area contributed by atoms with E-state index in [1.807, 2.05) is 47.8 Å². The van der Waals surface area contributed by atoms with Crippen molar-refractivity contribution in [1.82, 2.24) is 25.6 Å². The molecule has 4 aromatic rings. The predicted molar refractivity (Wildman–Crippen MR) is 101 cm³/mol. The maximum atomic E-state index is 11.7. The van der Waals surface area contributed by atoms with Gasteiger partial charge in [0.15, 0.2) is 0 Å². The lowest BCUT2D eigenvalue weighted by Gasteiger charge is -2.22. The summed E-state index contributed by atoms with van der Waals surface area (Å²) in [5, 5.41) is 12.8. The molecule has 1 amide bonds. The van der Waals surface area contributed by atoms with Gasteiger partial charge in [0, 0.05) is 18.5 Å². The molecule has 0 bridgehead atoms. The van der Waals surface area contributed by atoms with Crippen LogP contribution in [0.4, 0.5) is 11.6 Å². The second-order valence-corrected chi connectivity index (χ2v) is 6.45. The SMILES string of the molecule is CC(=O)NN(c1ccc2ncccc2c1)c1ncc(-c2cccs2)nn1. The average Bonchev–Trinajstić information content (AvgIpc) is 3.20. The van der Waals surface area contributed by atoms with Crippen molar-refractivity contribution in [3.8, 4) is 10.6 Å². The van der Waals surface area contributed by atoms with E-state index in [1.54, 1.807) is 23.7 Å². The number of hydrazine groups is 1. The molecular weight excluding hydrogens is 348 g/mol. The molecule has 26 heavy (non-hydrogen) atoms. The monoisotopic (exact) mass is 362 g/mol. The molecule has 0 saturated heterocycles. The van der Waals surface area contributed by atoms with Crippen molar-refractivity contribution in [3.05, 3.63) is 60.2 Å². The molecule has 3 heterocycles. The summed E-state index contributed by atoms with van der Waals surface area (Å²) < 4.78 is 0. The molecule has 1 N–H and O–H groups in total. The van der Waals surface area contributed by atoms with Gasteiger partial charge in [-0.25, -0.2) is 9.99 Å². The third kappa shape index (κ3) is 3.22. The minimum atomic E-state index is -0.234. The molecule has 4 rings (SSSR count). The van der Waals surface area contributed by atoms with E-state index < -0.39 is 0 Å². The fourth-order valence-corrected chi connectivity index (χ4v) is 3.17. The molecule has 0 fully saturated rings. The molecule has 0 aliphatic rings. The van der Waals surface area contributed by atoms with Crippen LogP contribution in [-0.4, -0.2) is 26.1 Å². The molecule has 0 unspecified atom stereocenters. The topological polar surface area (TPSA) is 83.9 Å². The zero-order valence-electron chi connectivity index (χ0n) is 13.8. The summed E-state index contributed by atoms with van der Waals surface area (Å²) in [7, 11) is 0. The number of aromatic nitrogens is 4. The number of carbonyl (C=O) groups is 1. The van der Waals surface area contributed by atoms with Crippen LogP contribution in [0.15, 0.2) is 60.2 Å². The molecule has 0 aliphatic heterocycles. The quantitative estimate of drug-likeness (QED) is 0.561. The number of carbonyl (C=O) groups excluding carboxylic acids is 1. The molecular formula is C18H14N6OS. The molecule has 0 spiro atoms. The van der Waals surface area contributed by atoms with E-state index in [1.165, 1.54) is 11.9 Å². The van der Waals surface area contributed by atoms with E-state index in [-0.39, 0.29) is 11.9 Å². The Hall–Kier alpha value is -3.39. The van der Waals surface area contributed by atoms with Gasteiger partial charge < -0.3 is 0 Å². The molecule has 0 aliphatic carbocycles. The fourth-order valence-electron chi connectivity index (χ4n) is 2.50. The first-order chi connectivity index (χ1) is 12.7. The van der Waals surface area contributed by atoms with Crippen molar-refractivity contribution in [2.24, 2.45) is 0 Å². The summed E-state index contributed by atoms with van der Waals surface area (Å²) in [6, 6.07) is 13.4. The second-order valence-electron chi connectivity index (χ2n) is 5.50. The molecule has 0 saturated carbocycles. The van der Waals surface area contributed by atoms with Gasteiger partial charge in [-0.1, -0.05) is 12.1 Å². The molecule has 7 nitrogen and oxygen atoms in total. The number of pyridine rings is 1. The number of nitrogens with one attached hydrogen (secondary N) is 1. The van der Waals surface area contributed by atoms with Gasteiger partial charge >= 0.3 is 0 Å². The van der Waals surface area contributed by atoms with Gasteiger partial charge in [0.1, 0.15) is 5.69 Å². The molecule has 8 heteroatoms. The highest BCUT2D eigenvalue weighted by Gasteiger charge is 2.15. The number of hydrogen-bond acceptors (Lipinski definition) is 7. The first-order valence-electron chi connectivity index (χ1n) is 7.86. The lowest BCUT2D eigenvalue weighted by atomic mass is 10.2. The maximum Gasteiger partial charge on any atom is 0.268 e. The van der Waals surface area contributed by atoms with Crippen LogP contribution < -0.4 is 10.4 Å². The Bertz CT molecular complexity index is 1050.